The molecule has 1 aromatic heterocycles. The maximum absolute atomic E-state index is 13.2. The number of ketones is 2. The van der Waals surface area contributed by atoms with Crippen molar-refractivity contribution in [3.8, 4) is 0 Å². The van der Waals surface area contributed by atoms with E-state index in [9.17, 15) is 19.2 Å². The van der Waals surface area contributed by atoms with Gasteiger partial charge in [-0.1, -0.05) is 18.6 Å². The van der Waals surface area contributed by atoms with Gasteiger partial charge in [0, 0.05) is 25.8 Å². The second-order valence-corrected chi connectivity index (χ2v) is 9.44. The van der Waals surface area contributed by atoms with Crippen molar-refractivity contribution in [2.24, 2.45) is 22.4 Å². The van der Waals surface area contributed by atoms with Crippen LogP contribution in [0.5, 0.6) is 0 Å². The van der Waals surface area contributed by atoms with Gasteiger partial charge in [-0.3, -0.25) is 24.2 Å². The zero-order chi connectivity index (χ0) is 24.7. The second kappa shape index (κ2) is 11.7. The van der Waals surface area contributed by atoms with Crippen LogP contribution in [0.1, 0.15) is 55.3 Å². The molecule has 1 fully saturated rings. The molecule has 0 radical (unpaired) electrons. The Hall–Kier alpha value is -3.34. The van der Waals surface area contributed by atoms with Gasteiger partial charge >= 0.3 is 0 Å². The maximum atomic E-state index is 13.2. The summed E-state index contributed by atoms with van der Waals surface area (Å²) in [6, 6.07) is 6.06. The van der Waals surface area contributed by atoms with Gasteiger partial charge in [0.1, 0.15) is 0 Å². The van der Waals surface area contributed by atoms with Crippen molar-refractivity contribution in [3.63, 3.8) is 0 Å². The highest BCUT2D eigenvalue weighted by Gasteiger charge is 2.34. The smallest absolute Gasteiger partial charge is 0.221 e. The van der Waals surface area contributed by atoms with Crippen LogP contribution in [0.4, 0.5) is 0 Å². The zero-order valence-electron chi connectivity index (χ0n) is 19.1. The average molecular weight is 487 g/mol. The van der Waals surface area contributed by atoms with Gasteiger partial charge < -0.3 is 22.1 Å². The number of rotatable bonds is 10. The second-order valence-electron chi connectivity index (χ2n) is 8.41. The lowest BCUT2D eigenvalue weighted by molar-refractivity contribution is -0.134. The molecular formula is C23H30N6O4S. The predicted octanol–water partition coefficient (Wildman–Crippen LogP) is 1.28. The van der Waals surface area contributed by atoms with Crippen molar-refractivity contribution in [3.05, 3.63) is 29.3 Å². The summed E-state index contributed by atoms with van der Waals surface area (Å²) in [5.41, 5.74) is 11.5. The van der Waals surface area contributed by atoms with Crippen molar-refractivity contribution >= 4 is 50.9 Å². The molecule has 10 nitrogen and oxygen atoms in total. The number of hydrogen-bond donors (Lipinski definition) is 4. The van der Waals surface area contributed by atoms with E-state index in [4.69, 9.17) is 11.5 Å². The van der Waals surface area contributed by atoms with Crippen molar-refractivity contribution in [1.29, 1.82) is 0 Å². The van der Waals surface area contributed by atoms with Gasteiger partial charge in [0.2, 0.25) is 17.6 Å². The van der Waals surface area contributed by atoms with Crippen LogP contribution in [0, 0.1) is 5.92 Å². The molecule has 1 saturated carbocycles. The molecule has 0 saturated heterocycles. The Labute approximate surface area is 201 Å². The largest absolute Gasteiger partial charge is 0.370 e. The lowest BCUT2D eigenvalue weighted by Crippen LogP contribution is -2.47. The standard InChI is InChI=1S/C23H30N6O4S/c1-13(30)27-16-8-4-6-14(20(16)32)12-19(31)28-17(9-5-11-26-23(24)25)21(33)22-29-15-7-2-3-10-18(15)34-22/h2-3,7,10,14,16-17H,4-6,8-9,11-12H2,1H3,(H,27,30)(H,28,31)(H4,24,25,26)/t14?,16-,17?/m0/s1. The highest BCUT2D eigenvalue weighted by Crippen LogP contribution is 2.25. The van der Waals surface area contributed by atoms with E-state index in [1.807, 2.05) is 24.3 Å². The quantitative estimate of drug-likeness (QED) is 0.170. The molecule has 6 N–H and O–H groups in total. The number of aliphatic imine (C=N–C) groups is 1. The summed E-state index contributed by atoms with van der Waals surface area (Å²) in [5, 5.41) is 5.77. The molecule has 1 aliphatic rings. The number of amides is 2. The Kier molecular flexibility index (Phi) is 8.69. The van der Waals surface area contributed by atoms with Gasteiger partial charge in [0.15, 0.2) is 16.8 Å². The summed E-state index contributed by atoms with van der Waals surface area (Å²) < 4.78 is 0.883. The number of Topliss-reactive ketones (excluding diaryl/α,β-unsaturated/α-hetero) is 2. The highest BCUT2D eigenvalue weighted by atomic mass is 32.1. The fourth-order valence-electron chi connectivity index (χ4n) is 4.10. The number of nitrogens with zero attached hydrogens (tertiary/aromatic N) is 2. The topological polar surface area (TPSA) is 170 Å². The van der Waals surface area contributed by atoms with Gasteiger partial charge in [-0.05, 0) is 37.8 Å². The van der Waals surface area contributed by atoms with E-state index >= 15 is 0 Å². The molecule has 34 heavy (non-hydrogen) atoms. The van der Waals surface area contributed by atoms with E-state index in [1.54, 1.807) is 0 Å². The first-order chi connectivity index (χ1) is 16.2. The van der Waals surface area contributed by atoms with E-state index in [1.165, 1.54) is 18.3 Å². The maximum Gasteiger partial charge on any atom is 0.221 e. The minimum absolute atomic E-state index is 0.0353. The number of para-hydroxylation sites is 1. The van der Waals surface area contributed by atoms with Gasteiger partial charge in [0.25, 0.3) is 0 Å². The van der Waals surface area contributed by atoms with Crippen LogP contribution < -0.4 is 22.1 Å². The minimum atomic E-state index is -0.813. The lowest BCUT2D eigenvalue weighted by Gasteiger charge is -2.28. The third-order valence-electron chi connectivity index (χ3n) is 5.70. The molecule has 182 valence electrons. The Balaban J connectivity index is 1.69. The van der Waals surface area contributed by atoms with Gasteiger partial charge in [-0.15, -0.1) is 11.3 Å². The number of guanidine groups is 1. The normalized spacial score (nSPS) is 18.8. The first-order valence-corrected chi connectivity index (χ1v) is 12.1. The SMILES string of the molecule is CC(=O)N[C@H]1CCCC(CC(=O)NC(CCCN=C(N)N)C(=O)c2nc3ccccc3s2)C1=O. The van der Waals surface area contributed by atoms with Crippen LogP contribution in [0.25, 0.3) is 10.2 Å². The molecule has 1 aliphatic carbocycles. The molecule has 1 heterocycles. The molecule has 0 spiro atoms. The number of carbonyl (C=O) groups excluding carboxylic acids is 4. The molecule has 0 bridgehead atoms. The predicted molar refractivity (Wildman–Crippen MR) is 130 cm³/mol. The molecule has 2 amide bonds. The van der Waals surface area contributed by atoms with Gasteiger partial charge in [-0.25, -0.2) is 4.98 Å². The van der Waals surface area contributed by atoms with E-state index in [-0.39, 0.29) is 35.8 Å². The summed E-state index contributed by atoms with van der Waals surface area (Å²) in [5.74, 6) is -1.62. The number of nitrogens with two attached hydrogens (primary N) is 2. The fourth-order valence-corrected chi connectivity index (χ4v) is 5.06. The van der Waals surface area contributed by atoms with Crippen LogP contribution in [0.15, 0.2) is 29.3 Å². The third kappa shape index (κ3) is 6.83. The van der Waals surface area contributed by atoms with E-state index in [2.05, 4.69) is 20.6 Å². The summed E-state index contributed by atoms with van der Waals surface area (Å²) in [6.07, 6.45) is 2.65. The van der Waals surface area contributed by atoms with Gasteiger partial charge in [-0.2, -0.15) is 0 Å². The molecule has 3 atom stereocenters. The number of hydrogen-bond acceptors (Lipinski definition) is 7. The summed E-state index contributed by atoms with van der Waals surface area (Å²) in [4.78, 5) is 58.5. The average Bonchev–Trinajstić information content (AvgIpc) is 3.22. The van der Waals surface area contributed by atoms with E-state index < -0.39 is 18.0 Å². The van der Waals surface area contributed by atoms with Crippen molar-refractivity contribution in [1.82, 2.24) is 15.6 Å². The van der Waals surface area contributed by atoms with Crippen LogP contribution in [-0.4, -0.2) is 53.0 Å². The Morgan fingerprint density at radius 2 is 2.00 bits per heavy atom. The minimum Gasteiger partial charge on any atom is -0.370 e. The summed E-state index contributed by atoms with van der Waals surface area (Å²) >= 11 is 1.27. The third-order valence-corrected chi connectivity index (χ3v) is 6.75. The molecule has 11 heteroatoms. The van der Waals surface area contributed by atoms with Crippen molar-refractivity contribution in [2.75, 3.05) is 6.54 Å². The van der Waals surface area contributed by atoms with Crippen LogP contribution in [0.3, 0.4) is 0 Å². The number of thiazole rings is 1. The van der Waals surface area contributed by atoms with Crippen molar-refractivity contribution in [2.45, 2.75) is 57.5 Å². The van der Waals surface area contributed by atoms with E-state index in [0.29, 0.717) is 37.2 Å². The molecule has 2 unspecified atom stereocenters. The zero-order valence-corrected chi connectivity index (χ0v) is 19.9. The molecule has 0 aliphatic heterocycles. The summed E-state index contributed by atoms with van der Waals surface area (Å²) in [7, 11) is 0. The highest BCUT2D eigenvalue weighted by molar-refractivity contribution is 7.20. The van der Waals surface area contributed by atoms with Crippen molar-refractivity contribution < 1.29 is 19.2 Å². The lowest BCUT2D eigenvalue weighted by atomic mass is 9.82. The number of benzene rings is 1. The Morgan fingerprint density at radius 3 is 2.71 bits per heavy atom. The van der Waals surface area contributed by atoms with Crippen LogP contribution in [-0.2, 0) is 14.4 Å². The monoisotopic (exact) mass is 486 g/mol. The molecule has 1 aromatic carbocycles. The molecule has 3 rings (SSSR count). The number of aromatic nitrogens is 1. The first-order valence-electron chi connectivity index (χ1n) is 11.3. The number of carbonyl (C=O) groups is 4. The molecular weight excluding hydrogens is 456 g/mol. The molecule has 2 aromatic rings. The van der Waals surface area contributed by atoms with Crippen LogP contribution >= 0.6 is 11.3 Å². The number of fused-ring (bicyclic) bond motifs is 1. The van der Waals surface area contributed by atoms with Gasteiger partial charge in [0.05, 0.1) is 22.3 Å². The fraction of sp³-hybridized carbons (Fsp3) is 0.478. The first kappa shape index (κ1) is 25.3. The Morgan fingerprint density at radius 1 is 1.24 bits per heavy atom. The Bertz CT molecular complexity index is 1060. The van der Waals surface area contributed by atoms with Crippen LogP contribution in [0.2, 0.25) is 0 Å². The van der Waals surface area contributed by atoms with E-state index in [0.717, 1.165) is 16.6 Å². The summed E-state index contributed by atoms with van der Waals surface area (Å²) in [6.45, 7) is 1.69. The number of nitrogens with one attached hydrogen (secondary N) is 2.